The fraction of sp³-hybridized carbons (Fsp3) is 0.364. The molecule has 0 unspecified atom stereocenters. The topological polar surface area (TPSA) is 42.2 Å². The number of nitrogens with two attached hydrogens (primary N) is 1. The highest BCUT2D eigenvalue weighted by atomic mass is 15.2. The highest BCUT2D eigenvalue weighted by Gasteiger charge is 2.10. The zero-order valence-corrected chi connectivity index (χ0v) is 8.57. The van der Waals surface area contributed by atoms with Crippen LogP contribution in [0.4, 0.5) is 5.82 Å². The van der Waals surface area contributed by atoms with E-state index in [9.17, 15) is 0 Å². The smallest absolute Gasteiger partial charge is 0.133 e. The van der Waals surface area contributed by atoms with Gasteiger partial charge in [-0.3, -0.25) is 0 Å². The Morgan fingerprint density at radius 3 is 3.00 bits per heavy atom. The summed E-state index contributed by atoms with van der Waals surface area (Å²) < 4.78 is 0. The molecule has 0 aliphatic heterocycles. The molecule has 2 N–H and O–H groups in total. The van der Waals surface area contributed by atoms with Crippen LogP contribution in [-0.4, -0.2) is 18.6 Å². The van der Waals surface area contributed by atoms with Gasteiger partial charge in [-0.2, -0.15) is 0 Å². The van der Waals surface area contributed by atoms with E-state index in [0.717, 1.165) is 11.4 Å². The van der Waals surface area contributed by atoms with E-state index in [1.165, 1.54) is 0 Å². The van der Waals surface area contributed by atoms with Gasteiger partial charge in [-0.15, -0.1) is 6.42 Å². The van der Waals surface area contributed by atoms with Crippen LogP contribution in [0.15, 0.2) is 18.3 Å². The molecule has 0 bridgehead atoms. The molecule has 0 saturated heterocycles. The fourth-order valence-electron chi connectivity index (χ4n) is 1.30. The number of nitrogens with zero attached hydrogens (tertiary/aromatic N) is 2. The van der Waals surface area contributed by atoms with Gasteiger partial charge >= 0.3 is 0 Å². The summed E-state index contributed by atoms with van der Waals surface area (Å²) in [6.45, 7) is 2.47. The molecule has 0 fully saturated rings. The lowest BCUT2D eigenvalue weighted by atomic mass is 10.1. The SMILES string of the molecule is C#CCN(C)c1ncccc1[C@H](C)N. The molecule has 1 atom stereocenters. The van der Waals surface area contributed by atoms with Crippen LogP contribution in [-0.2, 0) is 0 Å². The molecule has 3 heteroatoms. The van der Waals surface area contributed by atoms with Gasteiger partial charge in [0, 0.05) is 24.8 Å². The van der Waals surface area contributed by atoms with Crippen molar-refractivity contribution in [3.05, 3.63) is 23.9 Å². The highest BCUT2D eigenvalue weighted by Crippen LogP contribution is 2.20. The molecule has 1 aromatic heterocycles. The minimum atomic E-state index is -0.0288. The summed E-state index contributed by atoms with van der Waals surface area (Å²) in [5.74, 6) is 3.44. The second kappa shape index (κ2) is 4.64. The van der Waals surface area contributed by atoms with Crippen molar-refractivity contribution in [3.63, 3.8) is 0 Å². The second-order valence-electron chi connectivity index (χ2n) is 3.27. The van der Waals surface area contributed by atoms with E-state index >= 15 is 0 Å². The van der Waals surface area contributed by atoms with Crippen molar-refractivity contribution in [1.82, 2.24) is 4.98 Å². The van der Waals surface area contributed by atoms with Crippen molar-refractivity contribution in [3.8, 4) is 12.3 Å². The summed E-state index contributed by atoms with van der Waals surface area (Å²) >= 11 is 0. The van der Waals surface area contributed by atoms with Gasteiger partial charge in [-0.25, -0.2) is 4.98 Å². The lowest BCUT2D eigenvalue weighted by Gasteiger charge is -2.20. The monoisotopic (exact) mass is 189 g/mol. The van der Waals surface area contributed by atoms with Crippen LogP contribution in [0.5, 0.6) is 0 Å². The average molecular weight is 189 g/mol. The summed E-state index contributed by atoms with van der Waals surface area (Å²) in [6, 6.07) is 3.82. The maximum Gasteiger partial charge on any atom is 0.133 e. The third kappa shape index (κ3) is 2.24. The lowest BCUT2D eigenvalue weighted by molar-refractivity contribution is 0.801. The standard InChI is InChI=1S/C11H15N3/c1-4-8-14(3)11-10(9(2)12)6-5-7-13-11/h1,5-7,9H,8,12H2,2-3H3/t9-/m0/s1. The lowest BCUT2D eigenvalue weighted by Crippen LogP contribution is -2.22. The number of anilines is 1. The van der Waals surface area contributed by atoms with E-state index in [1.54, 1.807) is 6.20 Å². The molecule has 3 nitrogen and oxygen atoms in total. The third-order valence-corrected chi connectivity index (χ3v) is 2.00. The number of hydrogen-bond acceptors (Lipinski definition) is 3. The molecule has 0 radical (unpaired) electrons. The first-order valence-electron chi connectivity index (χ1n) is 4.52. The van der Waals surface area contributed by atoms with E-state index in [0.29, 0.717) is 6.54 Å². The number of pyridine rings is 1. The van der Waals surface area contributed by atoms with Crippen molar-refractivity contribution in [1.29, 1.82) is 0 Å². The van der Waals surface area contributed by atoms with Crippen LogP contribution in [0.3, 0.4) is 0 Å². The first-order chi connectivity index (χ1) is 6.66. The zero-order valence-electron chi connectivity index (χ0n) is 8.57. The molecule has 0 spiro atoms. The minimum Gasteiger partial charge on any atom is -0.348 e. The molecule has 0 aliphatic rings. The van der Waals surface area contributed by atoms with Crippen molar-refractivity contribution in [2.45, 2.75) is 13.0 Å². The predicted octanol–water partition coefficient (Wildman–Crippen LogP) is 1.17. The van der Waals surface area contributed by atoms with Gasteiger partial charge in [0.1, 0.15) is 5.82 Å². The fourth-order valence-corrected chi connectivity index (χ4v) is 1.30. The maximum absolute atomic E-state index is 5.83. The Kier molecular flexibility index (Phi) is 3.49. The number of hydrogen-bond donors (Lipinski definition) is 1. The van der Waals surface area contributed by atoms with Crippen molar-refractivity contribution in [2.24, 2.45) is 5.73 Å². The molecule has 14 heavy (non-hydrogen) atoms. The molecular weight excluding hydrogens is 174 g/mol. The molecule has 0 aliphatic carbocycles. The van der Waals surface area contributed by atoms with Crippen LogP contribution in [0.2, 0.25) is 0 Å². The second-order valence-corrected chi connectivity index (χ2v) is 3.27. The number of terminal acetylenes is 1. The quantitative estimate of drug-likeness (QED) is 0.726. The molecule has 1 aromatic rings. The molecular formula is C11H15N3. The Hall–Kier alpha value is -1.53. The van der Waals surface area contributed by atoms with Gasteiger partial charge in [-0.1, -0.05) is 12.0 Å². The first-order valence-corrected chi connectivity index (χ1v) is 4.52. The molecule has 1 heterocycles. The van der Waals surface area contributed by atoms with Crippen molar-refractivity contribution in [2.75, 3.05) is 18.5 Å². The summed E-state index contributed by atoms with van der Waals surface area (Å²) in [6.07, 6.45) is 6.99. The minimum absolute atomic E-state index is 0.0288. The first kappa shape index (κ1) is 10.6. The maximum atomic E-state index is 5.83. The van der Waals surface area contributed by atoms with Gasteiger partial charge in [0.15, 0.2) is 0 Å². The van der Waals surface area contributed by atoms with E-state index in [2.05, 4.69) is 10.9 Å². The van der Waals surface area contributed by atoms with Crippen LogP contribution >= 0.6 is 0 Å². The Morgan fingerprint density at radius 2 is 2.43 bits per heavy atom. The van der Waals surface area contributed by atoms with E-state index in [4.69, 9.17) is 12.2 Å². The summed E-state index contributed by atoms with van der Waals surface area (Å²) in [4.78, 5) is 6.18. The summed E-state index contributed by atoms with van der Waals surface area (Å²) in [5.41, 5.74) is 6.85. The zero-order chi connectivity index (χ0) is 10.6. The van der Waals surface area contributed by atoms with E-state index < -0.39 is 0 Å². The van der Waals surface area contributed by atoms with E-state index in [1.807, 2.05) is 31.0 Å². The van der Waals surface area contributed by atoms with E-state index in [-0.39, 0.29) is 6.04 Å². The van der Waals surface area contributed by atoms with Gasteiger partial charge in [0.25, 0.3) is 0 Å². The summed E-state index contributed by atoms with van der Waals surface area (Å²) in [5, 5.41) is 0. The Balaban J connectivity index is 3.01. The molecule has 1 rings (SSSR count). The molecule has 0 saturated carbocycles. The van der Waals surface area contributed by atoms with Crippen LogP contribution < -0.4 is 10.6 Å². The Labute approximate surface area is 84.9 Å². The molecule has 0 aromatic carbocycles. The van der Waals surface area contributed by atoms with Gasteiger partial charge < -0.3 is 10.6 Å². The highest BCUT2D eigenvalue weighted by molar-refractivity contribution is 5.48. The van der Waals surface area contributed by atoms with Crippen molar-refractivity contribution >= 4 is 5.82 Å². The third-order valence-electron chi connectivity index (χ3n) is 2.00. The number of aromatic nitrogens is 1. The van der Waals surface area contributed by atoms with Crippen LogP contribution in [0, 0.1) is 12.3 Å². The Bertz CT molecular complexity index is 339. The van der Waals surface area contributed by atoms with Crippen LogP contribution in [0.1, 0.15) is 18.5 Å². The van der Waals surface area contributed by atoms with Gasteiger partial charge in [0.05, 0.1) is 6.54 Å². The number of rotatable bonds is 3. The summed E-state index contributed by atoms with van der Waals surface area (Å²) in [7, 11) is 1.91. The molecule has 74 valence electrons. The van der Waals surface area contributed by atoms with Crippen molar-refractivity contribution < 1.29 is 0 Å². The molecule has 0 amide bonds. The predicted molar refractivity (Wildman–Crippen MR) is 58.9 cm³/mol. The normalized spacial score (nSPS) is 11.9. The average Bonchev–Trinajstić information content (AvgIpc) is 2.18. The largest absolute Gasteiger partial charge is 0.348 e. The van der Waals surface area contributed by atoms with Crippen LogP contribution in [0.25, 0.3) is 0 Å². The Morgan fingerprint density at radius 1 is 1.71 bits per heavy atom. The van der Waals surface area contributed by atoms with Gasteiger partial charge in [0.2, 0.25) is 0 Å². The van der Waals surface area contributed by atoms with Gasteiger partial charge in [-0.05, 0) is 13.0 Å².